The molecule has 3 atom stereocenters. The van der Waals surface area contributed by atoms with Gasteiger partial charge in [-0.05, 0) is 37.0 Å². The topological polar surface area (TPSA) is 63.6 Å². The number of ether oxygens (including phenoxy) is 1. The third-order valence-corrected chi connectivity index (χ3v) is 4.37. The normalized spacial score (nSPS) is 25.4. The van der Waals surface area contributed by atoms with E-state index in [9.17, 15) is 14.7 Å². The molecule has 0 amide bonds. The molecule has 0 spiro atoms. The average molecular weight is 341 g/mol. The van der Waals surface area contributed by atoms with E-state index < -0.39 is 17.8 Å². The molecule has 1 saturated carbocycles. The monoisotopic (exact) mass is 340 g/mol. The van der Waals surface area contributed by atoms with Crippen LogP contribution < -0.4 is 4.74 Å². The van der Waals surface area contributed by atoms with Gasteiger partial charge in [-0.3, -0.25) is 9.59 Å². The number of hydrogen-bond donors (Lipinski definition) is 1. The quantitative estimate of drug-likeness (QED) is 0.853. The van der Waals surface area contributed by atoms with Crippen LogP contribution in [-0.4, -0.2) is 24.0 Å². The van der Waals surface area contributed by atoms with E-state index in [1.54, 1.807) is 18.2 Å². The highest BCUT2D eigenvalue weighted by Gasteiger charge is 2.42. The van der Waals surface area contributed by atoms with E-state index in [-0.39, 0.29) is 11.7 Å². The highest BCUT2D eigenvalue weighted by Crippen LogP contribution is 2.40. The molecule has 1 aliphatic carbocycles. The Morgan fingerprint density at radius 2 is 1.95 bits per heavy atom. The Labute approximate surface area is 126 Å². The van der Waals surface area contributed by atoms with Crippen LogP contribution in [0, 0.1) is 17.8 Å². The van der Waals surface area contributed by atoms with Gasteiger partial charge in [0.05, 0.1) is 18.6 Å². The van der Waals surface area contributed by atoms with Crippen LogP contribution in [-0.2, 0) is 4.79 Å². The van der Waals surface area contributed by atoms with Gasteiger partial charge in [-0.15, -0.1) is 0 Å². The molecule has 5 heteroatoms. The third kappa shape index (κ3) is 2.87. The Bertz CT molecular complexity index is 541. The summed E-state index contributed by atoms with van der Waals surface area (Å²) in [5, 5.41) is 9.29. The molecule has 0 aromatic heterocycles. The highest BCUT2D eigenvalue weighted by molar-refractivity contribution is 9.10. The molecule has 0 saturated heterocycles. The van der Waals surface area contributed by atoms with Gasteiger partial charge in [0.15, 0.2) is 5.78 Å². The summed E-state index contributed by atoms with van der Waals surface area (Å²) < 4.78 is 5.99. The van der Waals surface area contributed by atoms with Crippen molar-refractivity contribution >= 4 is 27.7 Å². The summed E-state index contributed by atoms with van der Waals surface area (Å²) in [6.07, 6.45) is 1.17. The van der Waals surface area contributed by atoms with Crippen molar-refractivity contribution in [3.05, 3.63) is 28.2 Å². The molecule has 20 heavy (non-hydrogen) atoms. The fourth-order valence-electron chi connectivity index (χ4n) is 2.93. The second kappa shape index (κ2) is 5.95. The van der Waals surface area contributed by atoms with E-state index in [1.807, 2.05) is 6.92 Å². The molecule has 0 bridgehead atoms. The third-order valence-electron chi connectivity index (χ3n) is 3.88. The first kappa shape index (κ1) is 15.0. The van der Waals surface area contributed by atoms with Crippen molar-refractivity contribution < 1.29 is 19.4 Å². The molecular formula is C15H17BrO4. The lowest BCUT2D eigenvalue weighted by atomic mass is 9.88. The molecule has 1 N–H and O–H groups in total. The van der Waals surface area contributed by atoms with Crippen molar-refractivity contribution in [2.75, 3.05) is 7.11 Å². The molecule has 0 heterocycles. The van der Waals surface area contributed by atoms with Crippen LogP contribution in [0.1, 0.15) is 30.1 Å². The molecule has 1 fully saturated rings. The largest absolute Gasteiger partial charge is 0.496 e. The number of Topliss-reactive ketones (excluding diaryl/α,β-unsaturated/α-hetero) is 1. The van der Waals surface area contributed by atoms with E-state index in [0.29, 0.717) is 24.2 Å². The first-order valence-corrected chi connectivity index (χ1v) is 7.34. The summed E-state index contributed by atoms with van der Waals surface area (Å²) >= 11 is 3.33. The molecule has 1 aliphatic rings. The number of rotatable bonds is 4. The zero-order valence-electron chi connectivity index (χ0n) is 11.4. The minimum Gasteiger partial charge on any atom is -0.496 e. The van der Waals surface area contributed by atoms with Gasteiger partial charge in [0.2, 0.25) is 0 Å². The molecular weight excluding hydrogens is 324 g/mol. The van der Waals surface area contributed by atoms with Crippen molar-refractivity contribution in [2.24, 2.45) is 17.8 Å². The first-order valence-electron chi connectivity index (χ1n) is 6.54. The van der Waals surface area contributed by atoms with E-state index in [2.05, 4.69) is 15.9 Å². The summed E-state index contributed by atoms with van der Waals surface area (Å²) in [5.41, 5.74) is 0.451. The van der Waals surface area contributed by atoms with E-state index in [0.717, 1.165) is 4.47 Å². The summed E-state index contributed by atoms with van der Waals surface area (Å²) in [6.45, 7) is 1.99. The van der Waals surface area contributed by atoms with E-state index >= 15 is 0 Å². The van der Waals surface area contributed by atoms with Crippen LogP contribution >= 0.6 is 15.9 Å². The lowest BCUT2D eigenvalue weighted by Gasteiger charge is -2.16. The van der Waals surface area contributed by atoms with Crippen LogP contribution in [0.15, 0.2) is 22.7 Å². The van der Waals surface area contributed by atoms with Crippen LogP contribution in [0.3, 0.4) is 0 Å². The number of carbonyl (C=O) groups excluding carboxylic acids is 1. The second-order valence-electron chi connectivity index (χ2n) is 5.34. The number of benzene rings is 1. The number of methoxy groups -OCH3 is 1. The number of ketones is 1. The van der Waals surface area contributed by atoms with Crippen molar-refractivity contribution in [1.29, 1.82) is 0 Å². The Hall–Kier alpha value is -1.36. The predicted molar refractivity (Wildman–Crippen MR) is 78.0 cm³/mol. The van der Waals surface area contributed by atoms with Gasteiger partial charge in [0.25, 0.3) is 0 Å². The van der Waals surface area contributed by atoms with Crippen molar-refractivity contribution in [2.45, 2.75) is 19.8 Å². The number of halogens is 1. The number of carbonyl (C=O) groups is 2. The highest BCUT2D eigenvalue weighted by atomic mass is 79.9. The molecule has 3 unspecified atom stereocenters. The number of aliphatic carboxylic acids is 1. The maximum atomic E-state index is 12.7. The lowest BCUT2D eigenvalue weighted by molar-refractivity contribution is -0.142. The Morgan fingerprint density at radius 3 is 2.55 bits per heavy atom. The van der Waals surface area contributed by atoms with Crippen LogP contribution in [0.4, 0.5) is 0 Å². The van der Waals surface area contributed by atoms with Gasteiger partial charge in [0, 0.05) is 10.4 Å². The summed E-state index contributed by atoms with van der Waals surface area (Å²) in [6, 6.07) is 5.20. The molecule has 108 valence electrons. The van der Waals surface area contributed by atoms with Crippen molar-refractivity contribution in [3.63, 3.8) is 0 Å². The molecule has 0 radical (unpaired) electrons. The van der Waals surface area contributed by atoms with Crippen LogP contribution in [0.25, 0.3) is 0 Å². The van der Waals surface area contributed by atoms with Crippen molar-refractivity contribution in [1.82, 2.24) is 0 Å². The summed E-state index contributed by atoms with van der Waals surface area (Å²) in [4.78, 5) is 24.0. The van der Waals surface area contributed by atoms with E-state index in [1.165, 1.54) is 7.11 Å². The van der Waals surface area contributed by atoms with Gasteiger partial charge < -0.3 is 9.84 Å². The minimum atomic E-state index is -0.887. The molecule has 1 aromatic rings. The molecule has 0 aliphatic heterocycles. The number of hydrogen-bond acceptors (Lipinski definition) is 3. The van der Waals surface area contributed by atoms with Crippen LogP contribution in [0.2, 0.25) is 0 Å². The fraction of sp³-hybridized carbons (Fsp3) is 0.467. The second-order valence-corrected chi connectivity index (χ2v) is 6.25. The van der Waals surface area contributed by atoms with Gasteiger partial charge in [0.1, 0.15) is 5.75 Å². The molecule has 1 aromatic carbocycles. The van der Waals surface area contributed by atoms with Gasteiger partial charge in [-0.25, -0.2) is 0 Å². The van der Waals surface area contributed by atoms with Gasteiger partial charge in [-0.1, -0.05) is 22.9 Å². The fourth-order valence-corrected chi connectivity index (χ4v) is 3.29. The summed E-state index contributed by atoms with van der Waals surface area (Å²) in [5.74, 6) is -1.35. The maximum absolute atomic E-state index is 12.7. The van der Waals surface area contributed by atoms with E-state index in [4.69, 9.17) is 4.74 Å². The summed E-state index contributed by atoms with van der Waals surface area (Å²) in [7, 11) is 1.51. The Balaban J connectivity index is 2.35. The smallest absolute Gasteiger partial charge is 0.307 e. The lowest BCUT2D eigenvalue weighted by Crippen LogP contribution is -2.25. The number of carboxylic acids is 1. The average Bonchev–Trinajstić information content (AvgIpc) is 2.80. The Morgan fingerprint density at radius 1 is 1.30 bits per heavy atom. The van der Waals surface area contributed by atoms with Crippen LogP contribution in [0.5, 0.6) is 5.75 Å². The van der Waals surface area contributed by atoms with Gasteiger partial charge in [-0.2, -0.15) is 0 Å². The number of carboxylic acid groups (broad SMARTS) is 1. The minimum absolute atomic E-state index is 0.139. The molecule has 2 rings (SSSR count). The Kier molecular flexibility index (Phi) is 4.48. The SMILES string of the molecule is COc1ccc(Br)cc1C(=O)C1CC(C)CC1C(=O)O. The zero-order valence-corrected chi connectivity index (χ0v) is 13.0. The first-order chi connectivity index (χ1) is 9.43. The zero-order chi connectivity index (χ0) is 14.9. The predicted octanol–water partition coefficient (Wildman–Crippen LogP) is 3.39. The van der Waals surface area contributed by atoms with Gasteiger partial charge >= 0.3 is 5.97 Å². The standard InChI is InChI=1S/C15H17BrO4/c1-8-5-10(11(6-8)15(18)19)14(17)12-7-9(16)3-4-13(12)20-2/h3-4,7-8,10-11H,5-6H2,1-2H3,(H,18,19). The molecule has 4 nitrogen and oxygen atoms in total. The van der Waals surface area contributed by atoms with Crippen molar-refractivity contribution in [3.8, 4) is 5.75 Å². The maximum Gasteiger partial charge on any atom is 0.307 e.